The first-order valence-electron chi connectivity index (χ1n) is 4.02. The fourth-order valence-electron chi connectivity index (χ4n) is 0.933. The van der Waals surface area contributed by atoms with Gasteiger partial charge in [-0.2, -0.15) is 0 Å². The van der Waals surface area contributed by atoms with Crippen molar-refractivity contribution in [1.29, 1.82) is 0 Å². The van der Waals surface area contributed by atoms with Crippen LogP contribution in [0.25, 0.3) is 0 Å². The second-order valence-corrected chi connectivity index (χ2v) is 4.12. The Hall–Kier alpha value is -0.260. The predicted molar refractivity (Wildman–Crippen MR) is 48.1 cm³/mol. The molecule has 0 aliphatic heterocycles. The van der Waals surface area contributed by atoms with Crippen LogP contribution in [0.15, 0.2) is 11.6 Å². The highest BCUT2D eigenvalue weighted by molar-refractivity contribution is 5.03. The second-order valence-electron chi connectivity index (χ2n) is 4.12. The SMILES string of the molecule is C/C=C(\C)C(C)C(C)(C)C. The molecule has 0 heteroatoms. The van der Waals surface area contributed by atoms with Gasteiger partial charge in [-0.25, -0.2) is 0 Å². The maximum Gasteiger partial charge on any atom is -0.0186 e. The van der Waals surface area contributed by atoms with Gasteiger partial charge < -0.3 is 0 Å². The fourth-order valence-corrected chi connectivity index (χ4v) is 0.933. The molecule has 60 valence electrons. The van der Waals surface area contributed by atoms with Gasteiger partial charge >= 0.3 is 0 Å². The Morgan fingerprint density at radius 1 is 1.30 bits per heavy atom. The predicted octanol–water partition coefficient (Wildman–Crippen LogP) is 3.63. The van der Waals surface area contributed by atoms with Gasteiger partial charge in [-0.3, -0.25) is 0 Å². The van der Waals surface area contributed by atoms with Gasteiger partial charge in [0.1, 0.15) is 0 Å². The van der Waals surface area contributed by atoms with E-state index in [-0.39, 0.29) is 0 Å². The van der Waals surface area contributed by atoms with Gasteiger partial charge in [0.25, 0.3) is 0 Å². The Morgan fingerprint density at radius 3 is 1.80 bits per heavy atom. The third kappa shape index (κ3) is 2.55. The Labute approximate surface area is 65.3 Å². The molecule has 0 aliphatic carbocycles. The van der Waals surface area contributed by atoms with Crippen molar-refractivity contribution in [3.8, 4) is 0 Å². The second kappa shape index (κ2) is 3.23. The van der Waals surface area contributed by atoms with Crippen LogP contribution in [-0.4, -0.2) is 0 Å². The molecule has 0 aliphatic rings. The van der Waals surface area contributed by atoms with E-state index in [9.17, 15) is 0 Å². The van der Waals surface area contributed by atoms with Gasteiger partial charge in [0, 0.05) is 0 Å². The van der Waals surface area contributed by atoms with Crippen LogP contribution < -0.4 is 0 Å². The molecule has 1 atom stereocenters. The van der Waals surface area contributed by atoms with E-state index in [1.54, 1.807) is 0 Å². The summed E-state index contributed by atoms with van der Waals surface area (Å²) in [5.74, 6) is 0.692. The van der Waals surface area contributed by atoms with Crippen LogP contribution in [-0.2, 0) is 0 Å². The maximum atomic E-state index is 2.29. The average Bonchev–Trinajstić information content (AvgIpc) is 1.83. The lowest BCUT2D eigenvalue weighted by Crippen LogP contribution is -2.17. The normalized spacial score (nSPS) is 17.2. The summed E-state index contributed by atoms with van der Waals surface area (Å²) in [6, 6.07) is 0. The Bertz CT molecular complexity index is 123. The lowest BCUT2D eigenvalue weighted by molar-refractivity contribution is 0.300. The van der Waals surface area contributed by atoms with Crippen LogP contribution >= 0.6 is 0 Å². The van der Waals surface area contributed by atoms with Crippen LogP contribution in [0.5, 0.6) is 0 Å². The summed E-state index contributed by atoms with van der Waals surface area (Å²) in [6.45, 7) is 13.4. The molecule has 0 radical (unpaired) electrons. The number of hydrogen-bond acceptors (Lipinski definition) is 0. The van der Waals surface area contributed by atoms with Gasteiger partial charge in [0.2, 0.25) is 0 Å². The van der Waals surface area contributed by atoms with E-state index in [1.807, 2.05) is 0 Å². The van der Waals surface area contributed by atoms with Gasteiger partial charge in [0.15, 0.2) is 0 Å². The lowest BCUT2D eigenvalue weighted by Gasteiger charge is -2.27. The third-order valence-corrected chi connectivity index (χ3v) is 2.44. The monoisotopic (exact) mass is 140 g/mol. The fraction of sp³-hybridized carbons (Fsp3) is 0.800. The molecule has 0 rings (SSSR count). The van der Waals surface area contributed by atoms with Crippen LogP contribution in [0.1, 0.15) is 41.5 Å². The highest BCUT2D eigenvalue weighted by atomic mass is 14.2. The van der Waals surface area contributed by atoms with Crippen molar-refractivity contribution in [2.75, 3.05) is 0 Å². The summed E-state index contributed by atoms with van der Waals surface area (Å²) < 4.78 is 0. The first kappa shape index (κ1) is 9.74. The van der Waals surface area contributed by atoms with Crippen molar-refractivity contribution in [1.82, 2.24) is 0 Å². The molecule has 10 heavy (non-hydrogen) atoms. The first-order chi connectivity index (χ1) is 4.39. The highest BCUT2D eigenvalue weighted by Crippen LogP contribution is 2.30. The molecule has 0 spiro atoms. The molecule has 0 bridgehead atoms. The molecule has 0 amide bonds. The van der Waals surface area contributed by atoms with E-state index in [1.165, 1.54) is 5.57 Å². The van der Waals surface area contributed by atoms with Crippen molar-refractivity contribution < 1.29 is 0 Å². The first-order valence-corrected chi connectivity index (χ1v) is 4.02. The molecule has 0 saturated heterocycles. The molecule has 0 aromatic carbocycles. The molecule has 0 N–H and O–H groups in total. The topological polar surface area (TPSA) is 0 Å². The van der Waals surface area contributed by atoms with E-state index in [0.717, 1.165) is 0 Å². The van der Waals surface area contributed by atoms with E-state index >= 15 is 0 Å². The molecular weight excluding hydrogens is 120 g/mol. The standard InChI is InChI=1S/C10H20/c1-7-8(2)9(3)10(4,5)6/h7,9H,1-6H3/b8-7+. The molecule has 0 saturated carbocycles. The number of hydrogen-bond donors (Lipinski definition) is 0. The Balaban J connectivity index is 4.23. The average molecular weight is 140 g/mol. The van der Waals surface area contributed by atoms with Gasteiger partial charge in [0.05, 0.1) is 0 Å². The Kier molecular flexibility index (Phi) is 3.14. The van der Waals surface area contributed by atoms with Crippen LogP contribution in [0.4, 0.5) is 0 Å². The zero-order valence-corrected chi connectivity index (χ0v) is 8.15. The van der Waals surface area contributed by atoms with Crippen LogP contribution in [0.2, 0.25) is 0 Å². The Morgan fingerprint density at radius 2 is 1.70 bits per heavy atom. The van der Waals surface area contributed by atoms with Crippen LogP contribution in [0, 0.1) is 11.3 Å². The van der Waals surface area contributed by atoms with E-state index in [0.29, 0.717) is 11.3 Å². The van der Waals surface area contributed by atoms with Crippen molar-refractivity contribution in [2.45, 2.75) is 41.5 Å². The minimum absolute atomic E-state index is 0.413. The largest absolute Gasteiger partial charge is 0.0884 e. The molecule has 1 unspecified atom stereocenters. The molecular formula is C10H20. The summed E-state index contributed by atoms with van der Waals surface area (Å²) in [5, 5.41) is 0. The molecule has 0 fully saturated rings. The summed E-state index contributed by atoms with van der Waals surface area (Å²) in [4.78, 5) is 0. The summed E-state index contributed by atoms with van der Waals surface area (Å²) in [5.41, 5.74) is 1.91. The quantitative estimate of drug-likeness (QED) is 0.488. The van der Waals surface area contributed by atoms with Crippen molar-refractivity contribution in [3.05, 3.63) is 11.6 Å². The summed E-state index contributed by atoms with van der Waals surface area (Å²) in [6.07, 6.45) is 2.20. The van der Waals surface area contributed by atoms with Gasteiger partial charge in [-0.05, 0) is 25.2 Å². The minimum Gasteiger partial charge on any atom is -0.0884 e. The smallest absolute Gasteiger partial charge is 0.0186 e. The van der Waals surface area contributed by atoms with Crippen molar-refractivity contribution in [3.63, 3.8) is 0 Å². The zero-order valence-electron chi connectivity index (χ0n) is 8.15. The lowest BCUT2D eigenvalue weighted by atomic mass is 9.78. The third-order valence-electron chi connectivity index (χ3n) is 2.44. The zero-order chi connectivity index (χ0) is 8.36. The molecule has 0 heterocycles. The summed E-state index contributed by atoms with van der Waals surface area (Å²) >= 11 is 0. The molecule has 0 aromatic rings. The van der Waals surface area contributed by atoms with Crippen molar-refractivity contribution >= 4 is 0 Å². The van der Waals surface area contributed by atoms with Gasteiger partial charge in [-0.15, -0.1) is 0 Å². The number of allylic oxidation sites excluding steroid dienone is 2. The van der Waals surface area contributed by atoms with Crippen LogP contribution in [0.3, 0.4) is 0 Å². The molecule has 0 nitrogen and oxygen atoms in total. The maximum absolute atomic E-state index is 2.29. The van der Waals surface area contributed by atoms with E-state index < -0.39 is 0 Å². The van der Waals surface area contributed by atoms with Crippen molar-refractivity contribution in [2.24, 2.45) is 11.3 Å². The highest BCUT2D eigenvalue weighted by Gasteiger charge is 2.20. The van der Waals surface area contributed by atoms with E-state index in [4.69, 9.17) is 0 Å². The summed E-state index contributed by atoms with van der Waals surface area (Å²) in [7, 11) is 0. The minimum atomic E-state index is 0.413. The number of rotatable bonds is 1. The van der Waals surface area contributed by atoms with E-state index in [2.05, 4.69) is 47.6 Å². The molecule has 0 aromatic heterocycles. The van der Waals surface area contributed by atoms with Gasteiger partial charge in [-0.1, -0.05) is 39.3 Å².